The Balaban J connectivity index is 1.83. The van der Waals surface area contributed by atoms with E-state index in [0.29, 0.717) is 25.3 Å². The average molecular weight is 555 g/mol. The molecule has 2 aromatic heterocycles. The Labute approximate surface area is 232 Å². The molecule has 1 aromatic carbocycles. The molecule has 5 rings (SSSR count). The van der Waals surface area contributed by atoms with Gasteiger partial charge in [0.15, 0.2) is 5.75 Å². The van der Waals surface area contributed by atoms with E-state index in [1.807, 2.05) is 27.7 Å². The number of nitrogens with one attached hydrogen (secondary N) is 1. The molecule has 2 aliphatic heterocycles. The number of hydrogen-bond donors (Lipinski definition) is 2. The molecule has 2 aliphatic rings. The first-order valence-corrected chi connectivity index (χ1v) is 13.4. The van der Waals surface area contributed by atoms with Gasteiger partial charge >= 0.3 is 0 Å². The molecular formula is C28H32ClFN6O3. The number of carbonyl (C=O) groups is 1. The normalized spacial score (nSPS) is 17.1. The first-order valence-electron chi connectivity index (χ1n) is 13.1. The highest BCUT2D eigenvalue weighted by Crippen LogP contribution is 2.47. The Morgan fingerprint density at radius 2 is 1.87 bits per heavy atom. The monoisotopic (exact) mass is 554 g/mol. The van der Waals surface area contributed by atoms with E-state index in [-0.39, 0.29) is 69.6 Å². The number of piperazine rings is 1. The van der Waals surface area contributed by atoms with Crippen molar-refractivity contribution in [2.75, 3.05) is 38.2 Å². The van der Waals surface area contributed by atoms with Crippen LogP contribution in [0.3, 0.4) is 0 Å². The Morgan fingerprint density at radius 3 is 2.51 bits per heavy atom. The van der Waals surface area contributed by atoms with E-state index in [4.69, 9.17) is 21.3 Å². The van der Waals surface area contributed by atoms with Crippen LogP contribution in [-0.2, 0) is 0 Å². The van der Waals surface area contributed by atoms with E-state index in [1.54, 1.807) is 23.2 Å². The van der Waals surface area contributed by atoms with Gasteiger partial charge in [-0.05, 0) is 24.0 Å². The number of pyridine rings is 1. The number of fused-ring (bicyclic) bond motifs is 2. The molecule has 0 saturated carbocycles. The highest BCUT2D eigenvalue weighted by Gasteiger charge is 2.39. The lowest BCUT2D eigenvalue weighted by molar-refractivity contribution is 0.0607. The lowest BCUT2D eigenvalue weighted by atomic mass is 10.00. The molecular weight excluding hydrogens is 523 g/mol. The van der Waals surface area contributed by atoms with E-state index >= 15 is 4.39 Å². The number of phenolic OH excluding ortho intramolecular Hbond substituents is 1. The number of ether oxygens (including phenoxy) is 1. The van der Waals surface area contributed by atoms with Crippen molar-refractivity contribution in [3.8, 4) is 22.8 Å². The summed E-state index contributed by atoms with van der Waals surface area (Å²) in [5.74, 6) is -0.901. The molecule has 1 atom stereocenters. The zero-order valence-corrected chi connectivity index (χ0v) is 23.4. The number of anilines is 2. The summed E-state index contributed by atoms with van der Waals surface area (Å²) in [6.45, 7) is 10.0. The molecule has 0 spiro atoms. The van der Waals surface area contributed by atoms with Crippen LogP contribution >= 0.6 is 11.6 Å². The molecule has 1 saturated heterocycles. The summed E-state index contributed by atoms with van der Waals surface area (Å²) in [5.41, 5.74) is 2.25. The fourth-order valence-electron chi connectivity index (χ4n) is 5.22. The molecule has 3 aromatic rings. The smallest absolute Gasteiger partial charge is 0.261 e. The predicted molar refractivity (Wildman–Crippen MR) is 148 cm³/mol. The number of carbonyl (C=O) groups excluding carboxylic acids is 1. The third-order valence-corrected chi connectivity index (χ3v) is 7.53. The summed E-state index contributed by atoms with van der Waals surface area (Å²) in [5, 5.41) is 13.9. The van der Waals surface area contributed by atoms with Gasteiger partial charge in [-0.3, -0.25) is 4.79 Å². The van der Waals surface area contributed by atoms with Crippen LogP contribution in [0.5, 0.6) is 11.5 Å². The van der Waals surface area contributed by atoms with Gasteiger partial charge in [-0.2, -0.15) is 0 Å². The SMILES string of the molecule is CC(C)c1ncnc(C(C)C)c1N(C)c1nc(-c2c(O)cccc2F)c(Cl)c2c1C(=O)N1CCNC[C@@H]1CO2. The molecule has 0 radical (unpaired) electrons. The van der Waals surface area contributed by atoms with Crippen molar-refractivity contribution < 1.29 is 19.0 Å². The number of rotatable bonds is 5. The zero-order chi connectivity index (χ0) is 28.0. The largest absolute Gasteiger partial charge is 0.507 e. The maximum absolute atomic E-state index is 15.1. The minimum Gasteiger partial charge on any atom is -0.507 e. The molecule has 206 valence electrons. The number of hydrogen-bond acceptors (Lipinski definition) is 8. The molecule has 9 nitrogen and oxygen atoms in total. The third kappa shape index (κ3) is 4.65. The summed E-state index contributed by atoms with van der Waals surface area (Å²) < 4.78 is 21.3. The Morgan fingerprint density at radius 1 is 1.18 bits per heavy atom. The van der Waals surface area contributed by atoms with Gasteiger partial charge in [0.2, 0.25) is 0 Å². The molecule has 4 heterocycles. The summed E-state index contributed by atoms with van der Waals surface area (Å²) >= 11 is 6.83. The van der Waals surface area contributed by atoms with Crippen LogP contribution in [0.1, 0.15) is 61.3 Å². The molecule has 39 heavy (non-hydrogen) atoms. The first-order chi connectivity index (χ1) is 18.6. The summed E-state index contributed by atoms with van der Waals surface area (Å²) in [6, 6.07) is 3.77. The first kappa shape index (κ1) is 27.1. The van der Waals surface area contributed by atoms with Crippen LogP contribution in [-0.4, -0.2) is 70.2 Å². The predicted octanol–water partition coefficient (Wildman–Crippen LogP) is 4.86. The minimum absolute atomic E-state index is 0.0206. The van der Waals surface area contributed by atoms with Crippen molar-refractivity contribution >= 4 is 29.0 Å². The number of phenols is 1. The summed E-state index contributed by atoms with van der Waals surface area (Å²) in [4.78, 5) is 31.6. The molecule has 11 heteroatoms. The van der Waals surface area contributed by atoms with E-state index in [1.165, 1.54) is 18.2 Å². The van der Waals surface area contributed by atoms with Gasteiger partial charge in [0, 0.05) is 26.7 Å². The summed E-state index contributed by atoms with van der Waals surface area (Å²) in [6.07, 6.45) is 1.54. The Kier molecular flexibility index (Phi) is 7.35. The molecule has 2 N–H and O–H groups in total. The van der Waals surface area contributed by atoms with Gasteiger partial charge < -0.3 is 25.0 Å². The van der Waals surface area contributed by atoms with E-state index in [9.17, 15) is 9.90 Å². The van der Waals surface area contributed by atoms with Crippen molar-refractivity contribution in [2.45, 2.75) is 45.6 Å². The second kappa shape index (κ2) is 10.6. The lowest BCUT2D eigenvalue weighted by Crippen LogP contribution is -2.54. The fraction of sp³-hybridized carbons (Fsp3) is 0.429. The highest BCUT2D eigenvalue weighted by atomic mass is 35.5. The number of benzene rings is 1. The van der Waals surface area contributed by atoms with Crippen molar-refractivity contribution in [1.29, 1.82) is 0 Å². The van der Waals surface area contributed by atoms with Gasteiger partial charge in [-0.25, -0.2) is 19.3 Å². The van der Waals surface area contributed by atoms with E-state index < -0.39 is 5.82 Å². The second-order valence-electron chi connectivity index (χ2n) is 10.5. The van der Waals surface area contributed by atoms with Gasteiger partial charge in [0.05, 0.1) is 28.7 Å². The van der Waals surface area contributed by atoms with Gasteiger partial charge in [0.1, 0.15) is 46.6 Å². The van der Waals surface area contributed by atoms with Crippen LogP contribution in [0.4, 0.5) is 15.9 Å². The van der Waals surface area contributed by atoms with E-state index in [2.05, 4.69) is 15.3 Å². The van der Waals surface area contributed by atoms with Crippen LogP contribution in [0.25, 0.3) is 11.3 Å². The van der Waals surface area contributed by atoms with Crippen molar-refractivity contribution in [3.05, 3.63) is 52.3 Å². The standard InChI is InChI=1S/C28H32ClFN6O3/c1-14(2)22-25(23(15(3)4)33-13-32-22)35(5)27-20-26(39-12-16-11-31-9-10-36(16)28(20)38)21(29)24(34-27)19-17(30)7-6-8-18(19)37/h6-8,13-16,31,37H,9-12H2,1-5H3/t16-/m1/s1. The number of amides is 1. The molecule has 0 unspecified atom stereocenters. The minimum atomic E-state index is -0.701. The third-order valence-electron chi connectivity index (χ3n) is 7.17. The number of aromatic hydroxyl groups is 1. The Hall–Kier alpha value is -3.50. The van der Waals surface area contributed by atoms with Gasteiger partial charge in [0.25, 0.3) is 5.91 Å². The average Bonchev–Trinajstić information content (AvgIpc) is 3.06. The summed E-state index contributed by atoms with van der Waals surface area (Å²) in [7, 11) is 1.78. The van der Waals surface area contributed by atoms with Crippen molar-refractivity contribution in [2.24, 2.45) is 0 Å². The fourth-order valence-corrected chi connectivity index (χ4v) is 5.50. The van der Waals surface area contributed by atoms with Gasteiger partial charge in [-0.15, -0.1) is 0 Å². The van der Waals surface area contributed by atoms with E-state index in [0.717, 1.165) is 11.4 Å². The zero-order valence-electron chi connectivity index (χ0n) is 22.6. The van der Waals surface area contributed by atoms with Crippen LogP contribution < -0.4 is 15.0 Å². The Bertz CT molecular complexity index is 1390. The topological polar surface area (TPSA) is 104 Å². The molecule has 0 bridgehead atoms. The maximum Gasteiger partial charge on any atom is 0.261 e. The highest BCUT2D eigenvalue weighted by molar-refractivity contribution is 6.35. The molecule has 1 fully saturated rings. The number of halogens is 2. The van der Waals surface area contributed by atoms with Crippen molar-refractivity contribution in [1.82, 2.24) is 25.2 Å². The lowest BCUT2D eigenvalue weighted by Gasteiger charge is -2.34. The maximum atomic E-state index is 15.1. The number of nitrogens with zero attached hydrogens (tertiary/aromatic N) is 5. The quantitative estimate of drug-likeness (QED) is 0.461. The number of aromatic nitrogens is 3. The van der Waals surface area contributed by atoms with Crippen LogP contribution in [0.15, 0.2) is 24.5 Å². The van der Waals surface area contributed by atoms with Crippen molar-refractivity contribution in [3.63, 3.8) is 0 Å². The van der Waals surface area contributed by atoms with Gasteiger partial charge in [-0.1, -0.05) is 45.4 Å². The second-order valence-corrected chi connectivity index (χ2v) is 10.8. The molecule has 1 amide bonds. The molecule has 0 aliphatic carbocycles. The van der Waals surface area contributed by atoms with Crippen LogP contribution in [0.2, 0.25) is 5.02 Å². The van der Waals surface area contributed by atoms with Crippen LogP contribution in [0, 0.1) is 5.82 Å².